The highest BCUT2D eigenvalue weighted by atomic mass is 32.1. The van der Waals surface area contributed by atoms with E-state index in [4.69, 9.17) is 76.5 Å². The second-order valence-electron chi connectivity index (χ2n) is 31.7. The monoisotopic (exact) mass is 2110 g/mol. The number of imide groups is 1. The van der Waals surface area contributed by atoms with E-state index >= 15 is 8.78 Å². The number of aliphatic hydroxyl groups excluding tert-OH is 10. The Hall–Kier alpha value is -11.7. The molecule has 0 unspecified atom stereocenters. The first-order valence-corrected chi connectivity index (χ1v) is 47.5. The number of methoxy groups -OCH3 is 2. The van der Waals surface area contributed by atoms with Gasteiger partial charge in [-0.05, 0) is 44.4 Å². The number of ether oxygens (including phenoxy) is 14. The zero-order chi connectivity index (χ0) is 107. The molecule has 11 atom stereocenters. The van der Waals surface area contributed by atoms with Crippen LogP contribution >= 0.6 is 22.7 Å². The highest BCUT2D eigenvalue weighted by Crippen LogP contribution is 2.43. The summed E-state index contributed by atoms with van der Waals surface area (Å²) in [6.45, 7) is 3.00. The number of Topliss-reactive ketones (excluding diaryl/α,β-unsaturated/α-hetero) is 2. The molecule has 2 aromatic carbocycles. The number of rotatable bonds is 79. The molecule has 0 aliphatic carbocycles. The molecule has 0 spiro atoms. The molecular weight excluding hydrogens is 1980 g/mol. The minimum absolute atomic E-state index is 0.00841. The van der Waals surface area contributed by atoms with Crippen LogP contribution in [0.2, 0.25) is 0 Å². The molecule has 4 aromatic rings. The second-order valence-corrected chi connectivity index (χ2v) is 33.8. The number of amides is 12. The van der Waals surface area contributed by atoms with Crippen molar-refractivity contribution in [2.75, 3.05) is 212 Å². The number of benzene rings is 2. The van der Waals surface area contributed by atoms with E-state index in [1.54, 1.807) is 6.92 Å². The van der Waals surface area contributed by atoms with Crippen LogP contribution in [0.3, 0.4) is 0 Å². The summed E-state index contributed by atoms with van der Waals surface area (Å²) >= 11 is 1.93. The van der Waals surface area contributed by atoms with Crippen molar-refractivity contribution in [3.05, 3.63) is 70.0 Å². The summed E-state index contributed by atoms with van der Waals surface area (Å²) in [4.78, 5) is 204. The van der Waals surface area contributed by atoms with E-state index in [0.29, 0.717) is 34.1 Å². The number of aliphatic hydroxyl groups is 10. The van der Waals surface area contributed by atoms with Gasteiger partial charge in [-0.25, -0.2) is 8.78 Å². The molecule has 0 saturated carbocycles. The number of ketones is 2. The lowest BCUT2D eigenvalue weighted by molar-refractivity contribution is -0.148. The predicted molar refractivity (Wildman–Crippen MR) is 502 cm³/mol. The Morgan fingerprint density at radius 3 is 1.19 bits per heavy atom. The van der Waals surface area contributed by atoms with Crippen molar-refractivity contribution in [1.29, 1.82) is 0 Å². The first-order chi connectivity index (χ1) is 69.3. The number of esters is 2. The van der Waals surface area contributed by atoms with Crippen LogP contribution in [0.4, 0.5) is 8.78 Å². The predicted octanol–water partition coefficient (Wildman–Crippen LogP) is -6.37. The van der Waals surface area contributed by atoms with Gasteiger partial charge in [0.1, 0.15) is 74.6 Å². The molecule has 55 heteroatoms. The van der Waals surface area contributed by atoms with Gasteiger partial charge in [0.25, 0.3) is 11.8 Å². The maximum absolute atomic E-state index is 16.2. The Balaban J connectivity index is 0.855. The minimum atomic E-state index is -2.02. The van der Waals surface area contributed by atoms with E-state index in [1.807, 2.05) is 0 Å². The molecule has 0 saturated heterocycles. The molecule has 12 amide bonds. The first kappa shape index (κ1) is 124. The van der Waals surface area contributed by atoms with Gasteiger partial charge in [-0.1, -0.05) is 6.58 Å². The number of halogens is 2. The van der Waals surface area contributed by atoms with Crippen LogP contribution < -0.4 is 72.1 Å². The highest BCUT2D eigenvalue weighted by molar-refractivity contribution is 7.21. The lowest BCUT2D eigenvalue weighted by atomic mass is 10.0. The molecule has 51 nitrogen and oxygen atoms in total. The number of nitrogens with one attached hydrogen (secondary N) is 10. The number of nitrogens with zero attached hydrogens (tertiary/aromatic N) is 1. The maximum Gasteiger partial charge on any atom is 0.306 e. The average Bonchev–Trinajstić information content (AvgIpc) is 1.66. The number of thiophene rings is 2. The van der Waals surface area contributed by atoms with Gasteiger partial charge < -0.3 is 171 Å². The molecule has 5 rings (SSSR count). The van der Waals surface area contributed by atoms with Crippen LogP contribution in [-0.4, -0.2) is 429 Å². The van der Waals surface area contributed by atoms with Crippen LogP contribution in [0.25, 0.3) is 20.2 Å². The summed E-state index contributed by atoms with van der Waals surface area (Å²) in [6.07, 6.45) is -17.4. The Morgan fingerprint density at radius 1 is 0.414 bits per heavy atom. The quantitative estimate of drug-likeness (QED) is 0.00643. The molecule has 1 aliphatic heterocycles. The maximum atomic E-state index is 16.2. The fourth-order valence-corrected chi connectivity index (χ4v) is 14.6. The largest absolute Gasteiger partial charge is 0.493 e. The van der Waals surface area contributed by atoms with Gasteiger partial charge in [0.2, 0.25) is 59.1 Å². The SMILES string of the molecule is C=C(COc1c(OC)cc2sc(C(=O)CCC(=O)OCC)cc2c1F)COc1c(OC)cc2sc(C(=O)CCC(=O)O[C@@H](C)CNC(=O)CC[C@H](NC(=O)CN3C(=O)C=CC3=O)C(=O)NCC(=O)NCC(=O)NCC(=O)NCC(=O)NCCOCCOCCOCCOCCOCCOCCOCCOCCC(=O)N[C@@H](CCC(=O)NC[C@H](O)[C@@H](O)[C@H](O)[C@H](O)CO)C(=O)NC[C@H](O)[C@@H](O)[C@H](O)[C@H](O)CO)cc2c1F. The Kier molecular flexibility index (Phi) is 58.6. The van der Waals surface area contributed by atoms with Crippen molar-refractivity contribution in [3.8, 4) is 23.0 Å². The number of carbonyl (C=O) groups is 16. The summed E-state index contributed by atoms with van der Waals surface area (Å²) in [6, 6.07) is 2.58. The zero-order valence-corrected chi connectivity index (χ0v) is 82.0. The molecule has 20 N–H and O–H groups in total. The topological polar surface area (TPSA) is 728 Å². The fraction of sp³-hybridized carbons (Fsp3) is 0.600. The molecule has 0 bridgehead atoms. The molecule has 1 aliphatic rings. The van der Waals surface area contributed by atoms with Crippen molar-refractivity contribution in [2.24, 2.45) is 0 Å². The number of carbonyl (C=O) groups excluding carboxylic acids is 16. The van der Waals surface area contributed by atoms with Crippen LogP contribution in [0.15, 0.2) is 48.6 Å². The van der Waals surface area contributed by atoms with E-state index in [2.05, 4.69) is 59.7 Å². The molecular formula is C90H129F2N11O40S2. The van der Waals surface area contributed by atoms with Gasteiger partial charge in [-0.3, -0.25) is 81.6 Å². The van der Waals surface area contributed by atoms with Crippen molar-refractivity contribution >= 4 is 137 Å². The fourth-order valence-electron chi connectivity index (χ4n) is 12.5. The second kappa shape index (κ2) is 68.6. The Labute approximate surface area is 837 Å². The van der Waals surface area contributed by atoms with Gasteiger partial charge in [-0.15, -0.1) is 22.7 Å². The van der Waals surface area contributed by atoms with Crippen molar-refractivity contribution in [2.45, 2.75) is 139 Å². The molecule has 0 radical (unpaired) electrons. The van der Waals surface area contributed by atoms with Gasteiger partial charge in [-0.2, -0.15) is 0 Å². The van der Waals surface area contributed by atoms with Gasteiger partial charge in [0, 0.05) is 96.2 Å². The van der Waals surface area contributed by atoms with E-state index in [1.165, 1.54) is 45.4 Å². The zero-order valence-electron chi connectivity index (χ0n) is 80.3. The smallest absolute Gasteiger partial charge is 0.306 e. The van der Waals surface area contributed by atoms with Crippen LogP contribution in [0.1, 0.15) is 91.0 Å². The molecule has 3 heterocycles. The summed E-state index contributed by atoms with van der Waals surface area (Å²) in [5.41, 5.74) is 0.214. The number of hydrogen-bond acceptors (Lipinski definition) is 42. The number of fused-ring (bicyclic) bond motifs is 2. The van der Waals surface area contributed by atoms with Crippen LogP contribution in [0, 0.1) is 11.6 Å². The normalized spacial score (nSPS) is 14.1. The standard InChI is InChI=1S/C90H129F2N11O40S2/c1-6-140-79(122)15-9-57(106)67-35-53-65(144-67)37-63(130-4)87(81(53)91)141-49-51(2)50-142-88-64(131-5)38-66-54(82(88)92)36-68(145-66)58(107)10-16-80(123)143-52(3)39-94-69(112)11-8-56(102-76(119)46-103-77(120)13-14-78(103)121)90(129)100-45-75(118)98-44-74(117)97-43-73(116)96-42-72(115)93-18-20-133-22-24-135-26-28-137-30-32-139-34-33-138-31-29-136-27-25-134-23-21-132-19-17-71(114)101-55(89(128)99-41-60(109)84(125)86(127)62(111)48-105)7-12-70(113)95-40-59(108)83(124)85(126)61(110)47-104/h13-14,35-38,52,55-56,59-62,83-86,104-105,108-111,124-127H,2,6-12,15-34,39-50H2,1,3-5H3,(H,93,115)(H,94,112)(H,95,113)(H,96,116)(H,97,117)(H,98,118)(H,99,128)(H,100,129)(H,101,114)(H,102,119)/t52-,55-,56-,59-,60-,61+,62+,83+,84+,85+,86+/m0/s1. The van der Waals surface area contributed by atoms with Crippen molar-refractivity contribution in [1.82, 2.24) is 58.1 Å². The molecule has 0 fully saturated rings. The lowest BCUT2D eigenvalue weighted by Gasteiger charge is -2.26. The molecule has 2 aromatic heterocycles. The third-order valence-electron chi connectivity index (χ3n) is 20.4. The van der Waals surface area contributed by atoms with Crippen molar-refractivity contribution in [3.63, 3.8) is 0 Å². The van der Waals surface area contributed by atoms with E-state index in [-0.39, 0.29) is 206 Å². The van der Waals surface area contributed by atoms with E-state index in [0.717, 1.165) is 34.8 Å². The summed E-state index contributed by atoms with van der Waals surface area (Å²) < 4.78 is 109. The third kappa shape index (κ3) is 46.7. The molecule has 145 heavy (non-hydrogen) atoms. The minimum Gasteiger partial charge on any atom is -0.493 e. The van der Waals surface area contributed by atoms with E-state index in [9.17, 15) is 118 Å². The van der Waals surface area contributed by atoms with Crippen LogP contribution in [0.5, 0.6) is 23.0 Å². The summed E-state index contributed by atoms with van der Waals surface area (Å²) in [5.74, 6) is -14.6. The first-order valence-electron chi connectivity index (χ1n) is 45.8. The van der Waals surface area contributed by atoms with Gasteiger partial charge >= 0.3 is 11.9 Å². The van der Waals surface area contributed by atoms with E-state index < -0.39 is 252 Å². The Bertz CT molecular complexity index is 4900. The van der Waals surface area contributed by atoms with Crippen molar-refractivity contribution < 1.29 is 203 Å². The summed E-state index contributed by atoms with van der Waals surface area (Å²) in [5, 5.41) is 121. The highest BCUT2D eigenvalue weighted by Gasteiger charge is 2.35. The van der Waals surface area contributed by atoms with Gasteiger partial charge in [0.15, 0.2) is 46.2 Å². The number of hydrogen-bond donors (Lipinski definition) is 20. The lowest BCUT2D eigenvalue weighted by Crippen LogP contribution is -2.53. The van der Waals surface area contributed by atoms with Crippen LogP contribution in [-0.2, 0) is 114 Å². The average molecular weight is 2110 g/mol. The molecule has 810 valence electrons. The third-order valence-corrected chi connectivity index (χ3v) is 22.7. The summed E-state index contributed by atoms with van der Waals surface area (Å²) in [7, 11) is 2.56. The Morgan fingerprint density at radius 2 is 0.779 bits per heavy atom. The van der Waals surface area contributed by atoms with Gasteiger partial charge in [0.05, 0.1) is 207 Å².